The monoisotopic (exact) mass is 533 g/mol. The first kappa shape index (κ1) is 27.5. The van der Waals surface area contributed by atoms with Crippen molar-refractivity contribution in [1.29, 1.82) is 0 Å². The summed E-state index contributed by atoms with van der Waals surface area (Å²) in [5.74, 6) is -1.85. The molecule has 0 bridgehead atoms. The Hall–Kier alpha value is -1.78. The van der Waals surface area contributed by atoms with Crippen molar-refractivity contribution in [1.82, 2.24) is 9.88 Å². The molecule has 1 aromatic heterocycles. The van der Waals surface area contributed by atoms with Crippen LogP contribution in [0.25, 0.3) is 10.2 Å². The lowest BCUT2D eigenvalue weighted by Gasteiger charge is -2.24. The lowest BCUT2D eigenvalue weighted by Crippen LogP contribution is -2.41. The van der Waals surface area contributed by atoms with Crippen LogP contribution in [-0.4, -0.2) is 56.1 Å². The van der Waals surface area contributed by atoms with Gasteiger partial charge in [0.1, 0.15) is 11.6 Å². The van der Waals surface area contributed by atoms with Gasteiger partial charge in [-0.25, -0.2) is 17.8 Å². The Morgan fingerprint density at radius 3 is 2.33 bits per heavy atom. The Morgan fingerprint density at radius 2 is 1.73 bits per heavy atom. The van der Waals surface area contributed by atoms with E-state index in [9.17, 15) is 17.6 Å². The molecule has 0 N–H and O–H groups in total. The minimum Gasteiger partial charge on any atom is -0.302 e. The van der Waals surface area contributed by atoms with Crippen LogP contribution in [0, 0.1) is 12.7 Å². The summed E-state index contributed by atoms with van der Waals surface area (Å²) in [7, 11) is -3.94. The molecule has 0 spiro atoms. The van der Waals surface area contributed by atoms with E-state index in [4.69, 9.17) is 11.6 Å². The number of carbonyl (C=O) groups is 1. The zero-order valence-corrected chi connectivity index (χ0v) is 21.8. The first-order chi connectivity index (χ1) is 15.2. The van der Waals surface area contributed by atoms with Gasteiger partial charge in [0.05, 0.1) is 15.1 Å². The molecule has 1 heterocycles. The van der Waals surface area contributed by atoms with Gasteiger partial charge in [0.25, 0.3) is 0 Å². The van der Waals surface area contributed by atoms with Gasteiger partial charge < -0.3 is 4.90 Å². The molecule has 0 unspecified atom stereocenters. The van der Waals surface area contributed by atoms with Gasteiger partial charge in [0.2, 0.25) is 5.91 Å². The van der Waals surface area contributed by atoms with E-state index < -0.39 is 27.3 Å². The highest BCUT2D eigenvalue weighted by molar-refractivity contribution is 7.92. The van der Waals surface area contributed by atoms with Crippen molar-refractivity contribution in [2.75, 3.05) is 36.8 Å². The number of rotatable bonds is 9. The van der Waals surface area contributed by atoms with Crippen LogP contribution >= 0.6 is 35.3 Å². The largest absolute Gasteiger partial charge is 0.302 e. The van der Waals surface area contributed by atoms with Crippen molar-refractivity contribution in [3.63, 3.8) is 0 Å². The van der Waals surface area contributed by atoms with Gasteiger partial charge in [-0.3, -0.25) is 9.69 Å². The number of carbonyl (C=O) groups excluding carboxylic acids is 1. The first-order valence-corrected chi connectivity index (χ1v) is 13.1. The third-order valence-corrected chi connectivity index (χ3v) is 8.36. The summed E-state index contributed by atoms with van der Waals surface area (Å²) in [5.41, 5.74) is 1.50. The SMILES string of the molecule is CCN(CC)CCN(C(=O)CS(=O)(=O)c1ccc(F)cc1)c1nc2c(C)c(Cl)ccc2s1.Cl. The predicted molar refractivity (Wildman–Crippen MR) is 135 cm³/mol. The molecule has 3 aromatic rings. The lowest BCUT2D eigenvalue weighted by atomic mass is 10.2. The summed E-state index contributed by atoms with van der Waals surface area (Å²) in [4.78, 5) is 21.3. The Kier molecular flexibility index (Phi) is 9.63. The number of fused-ring (bicyclic) bond motifs is 1. The Balaban J connectivity index is 0.00000385. The van der Waals surface area contributed by atoms with Crippen molar-refractivity contribution in [2.24, 2.45) is 0 Å². The average molecular weight is 535 g/mol. The van der Waals surface area contributed by atoms with Gasteiger partial charge in [-0.2, -0.15) is 0 Å². The third kappa shape index (κ3) is 6.42. The van der Waals surface area contributed by atoms with Gasteiger partial charge in [-0.05, 0) is 62.0 Å². The van der Waals surface area contributed by atoms with Crippen molar-refractivity contribution >= 4 is 66.4 Å². The molecule has 0 saturated heterocycles. The molecule has 0 saturated carbocycles. The second kappa shape index (κ2) is 11.6. The Bertz CT molecular complexity index is 1210. The van der Waals surface area contributed by atoms with Gasteiger partial charge in [0, 0.05) is 18.1 Å². The van der Waals surface area contributed by atoms with Crippen molar-refractivity contribution in [3.05, 3.63) is 52.8 Å². The number of aryl methyl sites for hydroxylation is 1. The van der Waals surface area contributed by atoms with E-state index >= 15 is 0 Å². The number of amides is 1. The van der Waals surface area contributed by atoms with Crippen LogP contribution in [0.1, 0.15) is 19.4 Å². The van der Waals surface area contributed by atoms with E-state index in [0.717, 1.165) is 35.5 Å². The second-order valence-electron chi connectivity index (χ2n) is 7.30. The molecular formula is C22H26Cl2FN3O3S2. The molecule has 0 aliphatic heterocycles. The van der Waals surface area contributed by atoms with E-state index in [1.54, 1.807) is 6.07 Å². The highest BCUT2D eigenvalue weighted by Gasteiger charge is 2.27. The van der Waals surface area contributed by atoms with Crippen LogP contribution in [0.5, 0.6) is 0 Å². The fourth-order valence-electron chi connectivity index (χ4n) is 3.28. The zero-order chi connectivity index (χ0) is 23.5. The van der Waals surface area contributed by atoms with Crippen LogP contribution < -0.4 is 4.90 Å². The van der Waals surface area contributed by atoms with E-state index in [2.05, 4.69) is 9.88 Å². The smallest absolute Gasteiger partial charge is 0.244 e. The molecule has 11 heteroatoms. The number of nitrogens with zero attached hydrogens (tertiary/aromatic N) is 3. The molecule has 0 fully saturated rings. The van der Waals surface area contributed by atoms with E-state index in [-0.39, 0.29) is 17.3 Å². The summed E-state index contributed by atoms with van der Waals surface area (Å²) in [6.45, 7) is 8.39. The number of anilines is 1. The fourth-order valence-corrected chi connectivity index (χ4v) is 5.70. The number of thiazole rings is 1. The molecule has 0 aliphatic rings. The number of halogens is 3. The van der Waals surface area contributed by atoms with Crippen molar-refractivity contribution in [3.8, 4) is 0 Å². The van der Waals surface area contributed by atoms with Crippen LogP contribution in [0.4, 0.5) is 9.52 Å². The lowest BCUT2D eigenvalue weighted by molar-refractivity contribution is -0.116. The first-order valence-electron chi connectivity index (χ1n) is 10.2. The topological polar surface area (TPSA) is 70.6 Å². The number of sulfone groups is 1. The van der Waals surface area contributed by atoms with Crippen molar-refractivity contribution < 1.29 is 17.6 Å². The molecule has 0 aliphatic carbocycles. The van der Waals surface area contributed by atoms with E-state index in [1.807, 2.05) is 26.8 Å². The molecule has 3 rings (SSSR count). The maximum atomic E-state index is 13.2. The molecule has 6 nitrogen and oxygen atoms in total. The van der Waals surface area contributed by atoms with Crippen LogP contribution in [0.3, 0.4) is 0 Å². The Morgan fingerprint density at radius 1 is 1.09 bits per heavy atom. The predicted octanol–water partition coefficient (Wildman–Crippen LogP) is 4.97. The maximum Gasteiger partial charge on any atom is 0.244 e. The molecule has 0 radical (unpaired) electrons. The van der Waals surface area contributed by atoms with Gasteiger partial charge in [-0.1, -0.05) is 36.8 Å². The third-order valence-electron chi connectivity index (χ3n) is 5.29. The fraction of sp³-hybridized carbons (Fsp3) is 0.364. The summed E-state index contributed by atoms with van der Waals surface area (Å²) in [5, 5.41) is 1.01. The van der Waals surface area contributed by atoms with Crippen molar-refractivity contribution in [2.45, 2.75) is 25.7 Å². The molecule has 0 atom stereocenters. The van der Waals surface area contributed by atoms with Gasteiger partial charge in [-0.15, -0.1) is 12.4 Å². The maximum absolute atomic E-state index is 13.2. The normalized spacial score (nSPS) is 11.6. The number of likely N-dealkylation sites (N-methyl/N-ethyl adjacent to an activating group) is 1. The average Bonchev–Trinajstić information content (AvgIpc) is 3.18. The number of aromatic nitrogens is 1. The summed E-state index contributed by atoms with van der Waals surface area (Å²) in [6.07, 6.45) is 0. The number of hydrogen-bond acceptors (Lipinski definition) is 6. The highest BCUT2D eigenvalue weighted by Crippen LogP contribution is 2.33. The number of hydrogen-bond donors (Lipinski definition) is 0. The summed E-state index contributed by atoms with van der Waals surface area (Å²) >= 11 is 7.54. The summed E-state index contributed by atoms with van der Waals surface area (Å²) < 4.78 is 39.7. The molecule has 180 valence electrons. The molecule has 1 amide bonds. The molecule has 2 aromatic carbocycles. The van der Waals surface area contributed by atoms with Crippen LogP contribution in [-0.2, 0) is 14.6 Å². The standard InChI is InChI=1S/C22H25ClFN3O3S2.ClH/c1-4-26(5-2)12-13-27(22-25-21-15(3)18(23)10-11-19(21)31-22)20(28)14-32(29,30)17-8-6-16(24)7-9-17;/h6-11H,4-5,12-14H2,1-3H3;1H. The number of benzene rings is 2. The van der Waals surface area contributed by atoms with Gasteiger partial charge in [0.15, 0.2) is 15.0 Å². The van der Waals surface area contributed by atoms with Crippen LogP contribution in [0.2, 0.25) is 5.02 Å². The zero-order valence-electron chi connectivity index (χ0n) is 18.5. The Labute approximate surface area is 208 Å². The highest BCUT2D eigenvalue weighted by atomic mass is 35.5. The molecular weight excluding hydrogens is 508 g/mol. The van der Waals surface area contributed by atoms with Gasteiger partial charge >= 0.3 is 0 Å². The van der Waals surface area contributed by atoms with E-state index in [1.165, 1.54) is 28.4 Å². The molecule has 33 heavy (non-hydrogen) atoms. The quantitative estimate of drug-likeness (QED) is 0.363. The second-order valence-corrected chi connectivity index (χ2v) is 10.7. The minimum atomic E-state index is -3.94. The minimum absolute atomic E-state index is 0. The van der Waals surface area contributed by atoms with E-state index in [0.29, 0.717) is 28.8 Å². The summed E-state index contributed by atoms with van der Waals surface area (Å²) in [6, 6.07) is 8.09. The van der Waals surface area contributed by atoms with Crippen LogP contribution in [0.15, 0.2) is 41.3 Å².